The Balaban J connectivity index is 0.000001000. The molecule has 0 atom stereocenters. The summed E-state index contributed by atoms with van der Waals surface area (Å²) in [7, 11) is 0. The SMILES string of the molecule is Cc1nc(Cl)cc(CN)n1.Cl. The highest BCUT2D eigenvalue weighted by Gasteiger charge is 1.95. The second-order valence-corrected chi connectivity index (χ2v) is 2.32. The van der Waals surface area contributed by atoms with Crippen LogP contribution in [0.25, 0.3) is 0 Å². The summed E-state index contributed by atoms with van der Waals surface area (Å²) in [5.41, 5.74) is 6.11. The Hall–Kier alpha value is -0.380. The normalized spacial score (nSPS) is 9.00. The molecule has 0 unspecified atom stereocenters. The molecule has 0 fully saturated rings. The third kappa shape index (κ3) is 3.01. The van der Waals surface area contributed by atoms with Crippen molar-refractivity contribution in [1.29, 1.82) is 0 Å². The van der Waals surface area contributed by atoms with E-state index in [1.54, 1.807) is 13.0 Å². The van der Waals surface area contributed by atoms with E-state index in [9.17, 15) is 0 Å². The van der Waals surface area contributed by atoms with Gasteiger partial charge < -0.3 is 5.73 Å². The molecule has 0 aliphatic rings. The molecular weight excluding hydrogens is 185 g/mol. The maximum Gasteiger partial charge on any atom is 0.133 e. The second-order valence-electron chi connectivity index (χ2n) is 1.93. The standard InChI is InChI=1S/C6H8ClN3.ClH/c1-4-9-5(3-8)2-6(7)10-4;/h2H,3,8H2,1H3;1H. The average molecular weight is 194 g/mol. The molecule has 0 saturated carbocycles. The molecule has 5 heteroatoms. The van der Waals surface area contributed by atoms with Crippen LogP contribution in [0, 0.1) is 6.92 Å². The summed E-state index contributed by atoms with van der Waals surface area (Å²) in [5, 5.41) is 0.452. The molecule has 1 rings (SSSR count). The van der Waals surface area contributed by atoms with E-state index in [0.29, 0.717) is 17.5 Å². The lowest BCUT2D eigenvalue weighted by atomic mass is 10.4. The van der Waals surface area contributed by atoms with Gasteiger partial charge in [0.25, 0.3) is 0 Å². The molecule has 0 aliphatic carbocycles. The summed E-state index contributed by atoms with van der Waals surface area (Å²) < 4.78 is 0. The molecule has 1 heterocycles. The third-order valence-corrected chi connectivity index (χ3v) is 1.26. The largest absolute Gasteiger partial charge is 0.325 e. The van der Waals surface area contributed by atoms with Crippen molar-refractivity contribution in [1.82, 2.24) is 9.97 Å². The van der Waals surface area contributed by atoms with Crippen molar-refractivity contribution >= 4 is 24.0 Å². The van der Waals surface area contributed by atoms with Gasteiger partial charge in [-0.1, -0.05) is 11.6 Å². The van der Waals surface area contributed by atoms with Crippen LogP contribution < -0.4 is 5.73 Å². The molecule has 0 aromatic carbocycles. The highest BCUT2D eigenvalue weighted by Crippen LogP contribution is 2.05. The van der Waals surface area contributed by atoms with E-state index in [-0.39, 0.29) is 12.4 Å². The zero-order chi connectivity index (χ0) is 7.56. The predicted octanol–water partition coefficient (Wildman–Crippen LogP) is 1.32. The van der Waals surface area contributed by atoms with E-state index in [2.05, 4.69) is 9.97 Å². The van der Waals surface area contributed by atoms with Crippen molar-refractivity contribution in [2.24, 2.45) is 5.73 Å². The fourth-order valence-electron chi connectivity index (χ4n) is 0.694. The number of nitrogens with two attached hydrogens (primary N) is 1. The van der Waals surface area contributed by atoms with Crippen molar-refractivity contribution in [2.45, 2.75) is 13.5 Å². The quantitative estimate of drug-likeness (QED) is 0.686. The summed E-state index contributed by atoms with van der Waals surface area (Å²) in [4.78, 5) is 7.91. The Labute approximate surface area is 76.4 Å². The molecule has 0 spiro atoms. The van der Waals surface area contributed by atoms with E-state index in [1.165, 1.54) is 0 Å². The number of aromatic nitrogens is 2. The van der Waals surface area contributed by atoms with Crippen LogP contribution in [0.15, 0.2) is 6.07 Å². The molecule has 0 radical (unpaired) electrons. The van der Waals surface area contributed by atoms with Gasteiger partial charge in [-0.25, -0.2) is 9.97 Å². The minimum atomic E-state index is 0. The lowest BCUT2D eigenvalue weighted by molar-refractivity contribution is 0.926. The molecule has 1 aromatic rings. The minimum absolute atomic E-state index is 0. The Morgan fingerprint density at radius 2 is 2.18 bits per heavy atom. The zero-order valence-electron chi connectivity index (χ0n) is 6.04. The lowest BCUT2D eigenvalue weighted by Crippen LogP contribution is -2.01. The first-order chi connectivity index (χ1) is 4.72. The van der Waals surface area contributed by atoms with Crippen LogP contribution >= 0.6 is 24.0 Å². The maximum atomic E-state index is 5.62. The Morgan fingerprint density at radius 3 is 2.64 bits per heavy atom. The molecular formula is C6H9Cl2N3. The molecule has 2 N–H and O–H groups in total. The van der Waals surface area contributed by atoms with Gasteiger partial charge in [-0.05, 0) is 13.0 Å². The van der Waals surface area contributed by atoms with Crippen LogP contribution in [0.2, 0.25) is 5.15 Å². The fraction of sp³-hybridized carbons (Fsp3) is 0.333. The van der Waals surface area contributed by atoms with E-state index >= 15 is 0 Å². The van der Waals surface area contributed by atoms with Crippen LogP contribution in [-0.4, -0.2) is 9.97 Å². The van der Waals surface area contributed by atoms with Crippen LogP contribution in [-0.2, 0) is 6.54 Å². The number of hydrogen-bond donors (Lipinski definition) is 1. The topological polar surface area (TPSA) is 51.8 Å². The number of aryl methyl sites for hydroxylation is 1. The smallest absolute Gasteiger partial charge is 0.133 e. The van der Waals surface area contributed by atoms with Gasteiger partial charge in [0.2, 0.25) is 0 Å². The zero-order valence-corrected chi connectivity index (χ0v) is 7.61. The van der Waals surface area contributed by atoms with Crippen LogP contribution in [0.1, 0.15) is 11.5 Å². The average Bonchev–Trinajstić information content (AvgIpc) is 1.85. The first-order valence-electron chi connectivity index (χ1n) is 2.92. The van der Waals surface area contributed by atoms with Crippen LogP contribution in [0.3, 0.4) is 0 Å². The van der Waals surface area contributed by atoms with E-state index in [4.69, 9.17) is 17.3 Å². The minimum Gasteiger partial charge on any atom is -0.325 e. The summed E-state index contributed by atoms with van der Waals surface area (Å²) in [5.74, 6) is 0.660. The number of rotatable bonds is 1. The van der Waals surface area contributed by atoms with E-state index in [1.807, 2.05) is 0 Å². The molecule has 11 heavy (non-hydrogen) atoms. The number of hydrogen-bond acceptors (Lipinski definition) is 3. The van der Waals surface area contributed by atoms with Gasteiger partial charge in [-0.3, -0.25) is 0 Å². The van der Waals surface area contributed by atoms with Gasteiger partial charge in [-0.2, -0.15) is 0 Å². The van der Waals surface area contributed by atoms with E-state index < -0.39 is 0 Å². The van der Waals surface area contributed by atoms with E-state index in [0.717, 1.165) is 5.69 Å². The van der Waals surface area contributed by atoms with Gasteiger partial charge in [0.15, 0.2) is 0 Å². The first kappa shape index (κ1) is 10.6. The third-order valence-electron chi connectivity index (χ3n) is 1.07. The maximum absolute atomic E-state index is 5.62. The highest BCUT2D eigenvalue weighted by atomic mass is 35.5. The molecule has 1 aromatic heterocycles. The Bertz CT molecular complexity index is 219. The van der Waals surface area contributed by atoms with Crippen molar-refractivity contribution in [3.63, 3.8) is 0 Å². The number of nitrogens with zero attached hydrogens (tertiary/aromatic N) is 2. The Morgan fingerprint density at radius 1 is 1.55 bits per heavy atom. The van der Waals surface area contributed by atoms with Crippen LogP contribution in [0.4, 0.5) is 0 Å². The monoisotopic (exact) mass is 193 g/mol. The van der Waals surface area contributed by atoms with Crippen molar-refractivity contribution in [2.75, 3.05) is 0 Å². The lowest BCUT2D eigenvalue weighted by Gasteiger charge is -1.97. The van der Waals surface area contributed by atoms with Crippen molar-refractivity contribution in [3.05, 3.63) is 22.7 Å². The highest BCUT2D eigenvalue weighted by molar-refractivity contribution is 6.29. The molecule has 0 bridgehead atoms. The summed E-state index contributed by atoms with van der Waals surface area (Å²) >= 11 is 5.62. The molecule has 3 nitrogen and oxygen atoms in total. The summed E-state index contributed by atoms with van der Waals surface area (Å²) in [6, 6.07) is 1.66. The van der Waals surface area contributed by atoms with Crippen LogP contribution in [0.5, 0.6) is 0 Å². The predicted molar refractivity (Wildman–Crippen MR) is 46.9 cm³/mol. The van der Waals surface area contributed by atoms with Gasteiger partial charge in [0.1, 0.15) is 11.0 Å². The van der Waals surface area contributed by atoms with Crippen molar-refractivity contribution < 1.29 is 0 Å². The fourth-order valence-corrected chi connectivity index (χ4v) is 0.942. The summed E-state index contributed by atoms with van der Waals surface area (Å²) in [6.07, 6.45) is 0. The number of halogens is 2. The van der Waals surface area contributed by atoms with Crippen molar-refractivity contribution in [3.8, 4) is 0 Å². The molecule has 0 saturated heterocycles. The van der Waals surface area contributed by atoms with Gasteiger partial charge in [0, 0.05) is 6.54 Å². The van der Waals surface area contributed by atoms with Gasteiger partial charge in [0.05, 0.1) is 5.69 Å². The second kappa shape index (κ2) is 4.49. The Kier molecular flexibility index (Phi) is 4.33. The molecule has 62 valence electrons. The van der Waals surface area contributed by atoms with Gasteiger partial charge in [-0.15, -0.1) is 12.4 Å². The van der Waals surface area contributed by atoms with Gasteiger partial charge >= 0.3 is 0 Å². The molecule has 0 amide bonds. The first-order valence-corrected chi connectivity index (χ1v) is 3.30. The molecule has 0 aliphatic heterocycles. The summed E-state index contributed by atoms with van der Waals surface area (Å²) in [6.45, 7) is 2.19.